The molecule has 1 fully saturated rings. The lowest BCUT2D eigenvalue weighted by atomic mass is 10.2. The summed E-state index contributed by atoms with van der Waals surface area (Å²) in [7, 11) is 0. The van der Waals surface area contributed by atoms with Gasteiger partial charge in [-0.1, -0.05) is 25.6 Å². The molecule has 0 saturated heterocycles. The van der Waals surface area contributed by atoms with Gasteiger partial charge in [-0.3, -0.25) is 4.98 Å². The van der Waals surface area contributed by atoms with Crippen molar-refractivity contribution in [2.45, 2.75) is 32.2 Å². The fourth-order valence-electron chi connectivity index (χ4n) is 1.98. The summed E-state index contributed by atoms with van der Waals surface area (Å²) in [6.07, 6.45) is 5.59. The third-order valence-corrected chi connectivity index (χ3v) is 3.16. The Hall–Kier alpha value is -1.16. The molecule has 2 atom stereocenters. The Morgan fingerprint density at radius 2 is 2.50 bits per heavy atom. The van der Waals surface area contributed by atoms with Crippen LogP contribution in [0, 0.1) is 5.92 Å². The van der Waals surface area contributed by atoms with Gasteiger partial charge in [0.1, 0.15) is 4.99 Å². The van der Waals surface area contributed by atoms with Crippen LogP contribution in [0.2, 0.25) is 0 Å². The van der Waals surface area contributed by atoms with E-state index in [1.54, 1.807) is 6.20 Å². The molecule has 3 nitrogen and oxygen atoms in total. The van der Waals surface area contributed by atoms with Gasteiger partial charge >= 0.3 is 0 Å². The molecule has 0 spiro atoms. The highest BCUT2D eigenvalue weighted by Gasteiger charge is 2.35. The fourth-order valence-corrected chi connectivity index (χ4v) is 2.09. The van der Waals surface area contributed by atoms with Crippen molar-refractivity contribution in [3.8, 4) is 0 Å². The first-order valence-electron chi connectivity index (χ1n) is 5.73. The lowest BCUT2D eigenvalue weighted by Gasteiger charge is -2.06. The summed E-state index contributed by atoms with van der Waals surface area (Å²) in [5.41, 5.74) is 7.30. The highest BCUT2D eigenvalue weighted by Crippen LogP contribution is 2.37. The van der Waals surface area contributed by atoms with Crippen LogP contribution in [0.5, 0.6) is 0 Å². The summed E-state index contributed by atoms with van der Waals surface area (Å²) < 4.78 is 0. The molecular weight excluding hydrogens is 218 g/mol. The minimum Gasteiger partial charge on any atom is -0.388 e. The van der Waals surface area contributed by atoms with Crippen molar-refractivity contribution in [3.63, 3.8) is 0 Å². The van der Waals surface area contributed by atoms with Gasteiger partial charge in [-0.05, 0) is 30.9 Å². The van der Waals surface area contributed by atoms with Gasteiger partial charge in [0, 0.05) is 17.9 Å². The lowest BCUT2D eigenvalue weighted by Crippen LogP contribution is -2.12. The number of hydrogen-bond acceptors (Lipinski definition) is 3. The average Bonchev–Trinajstić information content (AvgIpc) is 2.97. The van der Waals surface area contributed by atoms with Crippen molar-refractivity contribution in [1.29, 1.82) is 0 Å². The topological polar surface area (TPSA) is 50.9 Å². The minimum atomic E-state index is 0.351. The van der Waals surface area contributed by atoms with Crippen molar-refractivity contribution in [2.24, 2.45) is 11.7 Å². The van der Waals surface area contributed by atoms with E-state index in [9.17, 15) is 0 Å². The molecular formula is C12H17N3S. The van der Waals surface area contributed by atoms with E-state index in [4.69, 9.17) is 18.0 Å². The first-order valence-corrected chi connectivity index (χ1v) is 6.14. The Bertz CT molecular complexity index is 392. The van der Waals surface area contributed by atoms with E-state index in [0.29, 0.717) is 16.7 Å². The van der Waals surface area contributed by atoms with Gasteiger partial charge in [0.25, 0.3) is 0 Å². The fraction of sp³-hybridized carbons (Fsp3) is 0.500. The second-order valence-electron chi connectivity index (χ2n) is 4.33. The van der Waals surface area contributed by atoms with Gasteiger partial charge in [0.2, 0.25) is 0 Å². The molecule has 86 valence electrons. The molecule has 1 aliphatic carbocycles. The highest BCUT2D eigenvalue weighted by molar-refractivity contribution is 7.80. The van der Waals surface area contributed by atoms with Crippen molar-refractivity contribution >= 4 is 22.9 Å². The molecule has 1 aromatic heterocycles. The zero-order chi connectivity index (χ0) is 11.5. The molecule has 4 heteroatoms. The molecule has 0 aromatic carbocycles. The molecule has 3 N–H and O–H groups in total. The van der Waals surface area contributed by atoms with Crippen LogP contribution in [0.25, 0.3) is 0 Å². The second-order valence-corrected chi connectivity index (χ2v) is 4.77. The molecule has 2 rings (SSSR count). The van der Waals surface area contributed by atoms with E-state index in [0.717, 1.165) is 11.6 Å². The Morgan fingerprint density at radius 3 is 3.19 bits per heavy atom. The standard InChI is InChI=1S/C12H17N3S/c1-2-3-8-6-10(8)15-9-4-5-14-11(7-9)12(13)16/h4-5,7-8,10H,2-3,6H2,1H3,(H2,13,16)(H,14,15). The summed E-state index contributed by atoms with van der Waals surface area (Å²) >= 11 is 4.90. The first kappa shape index (κ1) is 11.3. The van der Waals surface area contributed by atoms with Crippen LogP contribution in [0.1, 0.15) is 31.9 Å². The van der Waals surface area contributed by atoms with Gasteiger partial charge in [-0.15, -0.1) is 0 Å². The SMILES string of the molecule is CCCC1CC1Nc1ccnc(C(N)=S)c1. The molecule has 1 aromatic rings. The Labute approximate surface area is 101 Å². The van der Waals surface area contributed by atoms with Gasteiger partial charge < -0.3 is 11.1 Å². The second kappa shape index (κ2) is 4.78. The quantitative estimate of drug-likeness (QED) is 0.769. The van der Waals surface area contributed by atoms with E-state index in [1.807, 2.05) is 12.1 Å². The molecule has 0 bridgehead atoms. The number of nitrogens with two attached hydrogens (primary N) is 1. The molecule has 0 amide bonds. The van der Waals surface area contributed by atoms with Crippen LogP contribution in [0.15, 0.2) is 18.3 Å². The summed E-state index contributed by atoms with van der Waals surface area (Å²) in [6, 6.07) is 4.51. The molecule has 16 heavy (non-hydrogen) atoms. The van der Waals surface area contributed by atoms with E-state index in [-0.39, 0.29) is 0 Å². The lowest BCUT2D eigenvalue weighted by molar-refractivity contribution is 0.693. The summed E-state index contributed by atoms with van der Waals surface area (Å²) in [4.78, 5) is 4.47. The largest absolute Gasteiger partial charge is 0.388 e. The number of rotatable bonds is 5. The number of hydrogen-bond donors (Lipinski definition) is 2. The van der Waals surface area contributed by atoms with Crippen LogP contribution >= 0.6 is 12.2 Å². The molecule has 0 radical (unpaired) electrons. The zero-order valence-corrected chi connectivity index (χ0v) is 10.3. The van der Waals surface area contributed by atoms with Crippen LogP contribution in [0.3, 0.4) is 0 Å². The number of pyridine rings is 1. The minimum absolute atomic E-state index is 0.351. The predicted molar refractivity (Wildman–Crippen MR) is 70.6 cm³/mol. The van der Waals surface area contributed by atoms with E-state index in [1.165, 1.54) is 19.3 Å². The normalized spacial score (nSPS) is 22.8. The summed E-state index contributed by atoms with van der Waals surface area (Å²) in [5.74, 6) is 0.839. The van der Waals surface area contributed by atoms with Crippen molar-refractivity contribution in [2.75, 3.05) is 5.32 Å². The highest BCUT2D eigenvalue weighted by atomic mass is 32.1. The van der Waals surface area contributed by atoms with Crippen LogP contribution in [-0.4, -0.2) is 16.0 Å². The van der Waals surface area contributed by atoms with Gasteiger partial charge in [0.15, 0.2) is 0 Å². The Kier molecular flexibility index (Phi) is 3.39. The third-order valence-electron chi connectivity index (χ3n) is 2.95. The molecule has 1 aliphatic rings. The van der Waals surface area contributed by atoms with Crippen molar-refractivity contribution < 1.29 is 0 Å². The number of thiocarbonyl (C=S) groups is 1. The van der Waals surface area contributed by atoms with Crippen molar-refractivity contribution in [1.82, 2.24) is 4.98 Å². The number of anilines is 1. The number of nitrogens with zero attached hydrogens (tertiary/aromatic N) is 1. The van der Waals surface area contributed by atoms with Gasteiger partial charge in [-0.25, -0.2) is 0 Å². The average molecular weight is 235 g/mol. The van der Waals surface area contributed by atoms with Crippen molar-refractivity contribution in [3.05, 3.63) is 24.0 Å². The third kappa shape index (κ3) is 2.70. The maximum atomic E-state index is 5.55. The molecule has 2 unspecified atom stereocenters. The first-order chi connectivity index (χ1) is 7.70. The van der Waals surface area contributed by atoms with E-state index >= 15 is 0 Å². The zero-order valence-electron chi connectivity index (χ0n) is 9.44. The maximum absolute atomic E-state index is 5.55. The Balaban J connectivity index is 1.95. The van der Waals surface area contributed by atoms with Crippen LogP contribution < -0.4 is 11.1 Å². The monoisotopic (exact) mass is 235 g/mol. The smallest absolute Gasteiger partial charge is 0.122 e. The van der Waals surface area contributed by atoms with Crippen LogP contribution in [0.4, 0.5) is 5.69 Å². The predicted octanol–water partition coefficient (Wildman–Crippen LogP) is 2.32. The Morgan fingerprint density at radius 1 is 1.69 bits per heavy atom. The van der Waals surface area contributed by atoms with Gasteiger partial charge in [0.05, 0.1) is 5.69 Å². The molecule has 1 heterocycles. The van der Waals surface area contributed by atoms with E-state index < -0.39 is 0 Å². The number of nitrogens with one attached hydrogen (secondary N) is 1. The summed E-state index contributed by atoms with van der Waals surface area (Å²) in [6.45, 7) is 2.23. The number of aromatic nitrogens is 1. The maximum Gasteiger partial charge on any atom is 0.122 e. The molecule has 1 saturated carbocycles. The molecule has 0 aliphatic heterocycles. The van der Waals surface area contributed by atoms with E-state index in [2.05, 4.69) is 17.2 Å². The van der Waals surface area contributed by atoms with Crippen LogP contribution in [-0.2, 0) is 0 Å². The summed E-state index contributed by atoms with van der Waals surface area (Å²) in [5, 5.41) is 3.49. The van der Waals surface area contributed by atoms with Gasteiger partial charge in [-0.2, -0.15) is 0 Å².